The van der Waals surface area contributed by atoms with E-state index in [0.717, 1.165) is 43.3 Å². The molecule has 158 valence electrons. The van der Waals surface area contributed by atoms with Gasteiger partial charge >= 0.3 is 0 Å². The number of aromatic nitrogens is 3. The number of H-pyrrole nitrogens is 1. The SMILES string of the molecule is Cc1cccc(C2C(C(=O)C3CCCCC3)=C(O)C(=O)N2c2ccc3[nH]cnc3c2)n1. The molecule has 7 heteroatoms. The molecule has 1 unspecified atom stereocenters. The summed E-state index contributed by atoms with van der Waals surface area (Å²) in [5, 5.41) is 10.9. The van der Waals surface area contributed by atoms with E-state index in [0.29, 0.717) is 16.9 Å². The largest absolute Gasteiger partial charge is 0.503 e. The van der Waals surface area contributed by atoms with Gasteiger partial charge in [-0.1, -0.05) is 25.3 Å². The predicted molar refractivity (Wildman–Crippen MR) is 117 cm³/mol. The van der Waals surface area contributed by atoms with Crippen molar-refractivity contribution < 1.29 is 14.7 Å². The number of fused-ring (bicyclic) bond motifs is 1. The second-order valence-electron chi connectivity index (χ2n) is 8.35. The van der Waals surface area contributed by atoms with Crippen LogP contribution < -0.4 is 4.90 Å². The molecule has 1 atom stereocenters. The summed E-state index contributed by atoms with van der Waals surface area (Å²) in [6.45, 7) is 1.87. The number of ketones is 1. The van der Waals surface area contributed by atoms with E-state index in [9.17, 15) is 14.7 Å². The number of aromatic amines is 1. The molecule has 2 N–H and O–H groups in total. The Bertz CT molecular complexity index is 1210. The maximum absolute atomic E-state index is 13.5. The number of Topliss-reactive ketones (excluding diaryl/α,β-unsaturated/α-hetero) is 1. The van der Waals surface area contributed by atoms with E-state index in [-0.39, 0.29) is 17.3 Å². The van der Waals surface area contributed by atoms with Crippen LogP contribution in [0.1, 0.15) is 49.5 Å². The molecule has 3 heterocycles. The van der Waals surface area contributed by atoms with Gasteiger partial charge in [-0.05, 0) is 50.1 Å². The Morgan fingerprint density at radius 2 is 1.97 bits per heavy atom. The number of anilines is 1. The van der Waals surface area contributed by atoms with E-state index in [1.54, 1.807) is 24.5 Å². The topological polar surface area (TPSA) is 99.2 Å². The Morgan fingerprint density at radius 1 is 1.16 bits per heavy atom. The van der Waals surface area contributed by atoms with Crippen molar-refractivity contribution in [3.8, 4) is 0 Å². The van der Waals surface area contributed by atoms with Crippen LogP contribution in [0, 0.1) is 12.8 Å². The molecule has 1 aliphatic heterocycles. The summed E-state index contributed by atoms with van der Waals surface area (Å²) in [6, 6.07) is 10.2. The molecule has 1 fully saturated rings. The molecule has 0 radical (unpaired) electrons. The van der Waals surface area contributed by atoms with Gasteiger partial charge in [0.2, 0.25) is 0 Å². The smallest absolute Gasteiger partial charge is 0.294 e. The highest BCUT2D eigenvalue weighted by Gasteiger charge is 2.46. The first-order valence-corrected chi connectivity index (χ1v) is 10.7. The number of aliphatic hydroxyl groups excluding tert-OH is 1. The van der Waals surface area contributed by atoms with Gasteiger partial charge in [0.1, 0.15) is 6.04 Å². The standard InChI is InChI=1S/C24H24N4O3/c1-14-6-5-9-18(27-14)21-20(22(29)15-7-3-2-4-8-15)23(30)24(31)28(21)16-10-11-17-19(12-16)26-13-25-17/h5-6,9-13,15,21,30H,2-4,7-8H2,1H3,(H,25,26). The number of carbonyl (C=O) groups excluding carboxylic acids is 2. The van der Waals surface area contributed by atoms with Crippen molar-refractivity contribution in [2.75, 3.05) is 4.90 Å². The highest BCUT2D eigenvalue weighted by Crippen LogP contribution is 2.43. The van der Waals surface area contributed by atoms with Gasteiger partial charge in [0, 0.05) is 17.3 Å². The first kappa shape index (κ1) is 19.5. The number of aliphatic hydroxyl groups is 1. The predicted octanol–water partition coefficient (Wildman–Crippen LogP) is 4.32. The van der Waals surface area contributed by atoms with Gasteiger partial charge in [0.15, 0.2) is 11.5 Å². The van der Waals surface area contributed by atoms with E-state index < -0.39 is 17.7 Å². The molecule has 1 aliphatic carbocycles. The molecule has 2 aromatic heterocycles. The van der Waals surface area contributed by atoms with Gasteiger partial charge in [-0.3, -0.25) is 19.5 Å². The van der Waals surface area contributed by atoms with E-state index in [2.05, 4.69) is 15.0 Å². The van der Waals surface area contributed by atoms with Crippen molar-refractivity contribution in [3.63, 3.8) is 0 Å². The molecule has 0 saturated heterocycles. The average Bonchev–Trinajstić information content (AvgIpc) is 3.36. The molecule has 1 amide bonds. The van der Waals surface area contributed by atoms with E-state index in [4.69, 9.17) is 0 Å². The summed E-state index contributed by atoms with van der Waals surface area (Å²) in [6.07, 6.45) is 6.27. The number of hydrogen-bond acceptors (Lipinski definition) is 5. The number of carbonyl (C=O) groups is 2. The lowest BCUT2D eigenvalue weighted by Crippen LogP contribution is -2.32. The van der Waals surface area contributed by atoms with Gasteiger partial charge in [-0.15, -0.1) is 0 Å². The highest BCUT2D eigenvalue weighted by molar-refractivity contribution is 6.17. The first-order valence-electron chi connectivity index (χ1n) is 10.7. The molecular weight excluding hydrogens is 392 g/mol. The van der Waals surface area contributed by atoms with Crippen LogP contribution in [0.5, 0.6) is 0 Å². The Labute approximate surface area is 179 Å². The third-order valence-electron chi connectivity index (χ3n) is 6.32. The number of nitrogens with one attached hydrogen (secondary N) is 1. The number of pyridine rings is 1. The van der Waals surface area contributed by atoms with Crippen molar-refractivity contribution in [1.82, 2.24) is 15.0 Å². The second kappa shape index (κ2) is 7.65. The molecule has 31 heavy (non-hydrogen) atoms. The van der Waals surface area contributed by atoms with Gasteiger partial charge in [-0.2, -0.15) is 0 Å². The minimum Gasteiger partial charge on any atom is -0.503 e. The van der Waals surface area contributed by atoms with Crippen LogP contribution in [0.25, 0.3) is 11.0 Å². The van der Waals surface area contributed by atoms with Crippen LogP contribution in [-0.2, 0) is 9.59 Å². The zero-order valence-corrected chi connectivity index (χ0v) is 17.3. The normalized spacial score (nSPS) is 20.1. The van der Waals surface area contributed by atoms with Crippen molar-refractivity contribution in [1.29, 1.82) is 0 Å². The van der Waals surface area contributed by atoms with E-state index in [1.165, 1.54) is 4.90 Å². The fourth-order valence-corrected chi connectivity index (χ4v) is 4.77. The van der Waals surface area contributed by atoms with E-state index >= 15 is 0 Å². The Morgan fingerprint density at radius 3 is 2.74 bits per heavy atom. The molecule has 7 nitrogen and oxygen atoms in total. The van der Waals surface area contributed by atoms with Gasteiger partial charge < -0.3 is 10.1 Å². The van der Waals surface area contributed by atoms with Crippen molar-refractivity contribution in [2.45, 2.75) is 45.1 Å². The molecule has 3 aromatic rings. The Balaban J connectivity index is 1.63. The maximum Gasteiger partial charge on any atom is 0.294 e. The summed E-state index contributed by atoms with van der Waals surface area (Å²) in [5.41, 5.74) is 3.62. The monoisotopic (exact) mass is 416 g/mol. The number of imidazole rings is 1. The van der Waals surface area contributed by atoms with Crippen LogP contribution in [0.15, 0.2) is 54.1 Å². The van der Waals surface area contributed by atoms with E-state index in [1.807, 2.05) is 25.1 Å². The summed E-state index contributed by atoms with van der Waals surface area (Å²) < 4.78 is 0. The fourth-order valence-electron chi connectivity index (χ4n) is 4.77. The molecule has 0 spiro atoms. The Kier molecular flexibility index (Phi) is 4.81. The highest BCUT2D eigenvalue weighted by atomic mass is 16.3. The minimum atomic E-state index is -0.766. The summed E-state index contributed by atoms with van der Waals surface area (Å²) in [7, 11) is 0. The molecule has 1 aromatic carbocycles. The lowest BCUT2D eigenvalue weighted by molar-refractivity contribution is -0.121. The number of hydrogen-bond donors (Lipinski definition) is 2. The minimum absolute atomic E-state index is 0.137. The zero-order valence-electron chi connectivity index (χ0n) is 17.3. The third-order valence-corrected chi connectivity index (χ3v) is 6.32. The van der Waals surface area contributed by atoms with Gasteiger partial charge in [0.25, 0.3) is 5.91 Å². The molecule has 1 saturated carbocycles. The summed E-state index contributed by atoms with van der Waals surface area (Å²) in [5.74, 6) is -1.35. The van der Waals surface area contributed by atoms with Crippen LogP contribution in [0.2, 0.25) is 0 Å². The first-order chi connectivity index (χ1) is 15.0. The maximum atomic E-state index is 13.5. The number of nitrogens with zero attached hydrogens (tertiary/aromatic N) is 3. The lowest BCUT2D eigenvalue weighted by Gasteiger charge is -2.28. The van der Waals surface area contributed by atoms with Gasteiger partial charge in [-0.25, -0.2) is 4.98 Å². The van der Waals surface area contributed by atoms with Crippen molar-refractivity contribution in [2.24, 2.45) is 5.92 Å². The molecule has 2 aliphatic rings. The second-order valence-corrected chi connectivity index (χ2v) is 8.35. The number of rotatable bonds is 4. The number of aryl methyl sites for hydroxylation is 1. The van der Waals surface area contributed by atoms with Crippen molar-refractivity contribution >= 4 is 28.4 Å². The zero-order chi connectivity index (χ0) is 21.5. The lowest BCUT2D eigenvalue weighted by atomic mass is 9.81. The summed E-state index contributed by atoms with van der Waals surface area (Å²) in [4.78, 5) is 40.2. The molecular formula is C24H24N4O3. The number of amides is 1. The third kappa shape index (κ3) is 3.30. The Hall–Kier alpha value is -3.48. The quantitative estimate of drug-likeness (QED) is 0.660. The summed E-state index contributed by atoms with van der Waals surface area (Å²) >= 11 is 0. The van der Waals surface area contributed by atoms with Crippen LogP contribution in [0.4, 0.5) is 5.69 Å². The van der Waals surface area contributed by atoms with Crippen LogP contribution in [0.3, 0.4) is 0 Å². The number of benzene rings is 1. The van der Waals surface area contributed by atoms with Crippen LogP contribution >= 0.6 is 0 Å². The van der Waals surface area contributed by atoms with Crippen LogP contribution in [-0.4, -0.2) is 31.7 Å². The van der Waals surface area contributed by atoms with Crippen molar-refractivity contribution in [3.05, 3.63) is 65.4 Å². The fraction of sp³-hybridized carbons (Fsp3) is 0.333. The van der Waals surface area contributed by atoms with Gasteiger partial charge in [0.05, 0.1) is 28.6 Å². The average molecular weight is 416 g/mol. The molecule has 5 rings (SSSR count). The molecule has 0 bridgehead atoms.